The van der Waals surface area contributed by atoms with Crippen molar-refractivity contribution in [2.45, 2.75) is 132 Å². The number of carbonyl (C=O) groups is 4. The number of alkyl halides is 4. The van der Waals surface area contributed by atoms with Gasteiger partial charge >= 0.3 is 12.2 Å². The van der Waals surface area contributed by atoms with Gasteiger partial charge in [-0.2, -0.15) is 0 Å². The molecule has 4 saturated carbocycles. The molecule has 13 nitrogen and oxygen atoms in total. The Bertz CT molecular complexity index is 2780. The molecular weight excluding hydrogens is 907 g/mol. The predicted octanol–water partition coefficient (Wildman–Crippen LogP) is 9.83. The van der Waals surface area contributed by atoms with Crippen molar-refractivity contribution in [2.75, 3.05) is 14.2 Å². The third-order valence-corrected chi connectivity index (χ3v) is 16.4. The number of nitrogens with zero attached hydrogens (tertiary/aromatic N) is 4. The van der Waals surface area contributed by atoms with Crippen LogP contribution in [0.25, 0.3) is 38.7 Å². The third-order valence-electron chi connectivity index (χ3n) is 16.4. The Kier molecular flexibility index (Phi) is 11.8. The molecule has 4 aromatic rings. The molecule has 70 heavy (non-hydrogen) atoms. The first kappa shape index (κ1) is 46.1. The largest absolute Gasteiger partial charge is 0.453 e. The highest BCUT2D eigenvalue weighted by atomic mass is 19.3. The molecule has 0 radical (unpaired) electrons. The summed E-state index contributed by atoms with van der Waals surface area (Å²) in [7, 11) is 2.45. The zero-order valence-corrected chi connectivity index (χ0v) is 39.1. The van der Waals surface area contributed by atoms with E-state index in [0.29, 0.717) is 24.1 Å². The predicted molar refractivity (Wildman–Crippen MR) is 253 cm³/mol. The van der Waals surface area contributed by atoms with Gasteiger partial charge in [0, 0.05) is 56.1 Å². The van der Waals surface area contributed by atoms with Crippen molar-refractivity contribution in [3.05, 3.63) is 84.4 Å². The Hall–Kier alpha value is -6.26. The van der Waals surface area contributed by atoms with Gasteiger partial charge in [0.1, 0.15) is 17.9 Å². The number of hydrogen-bond donors (Lipinski definition) is 3. The molecule has 3 aliphatic heterocycles. The number of aromatic nitrogens is 2. The number of hydrogen-bond acceptors (Lipinski definition) is 8. The molecule has 3 aromatic carbocycles. The molecule has 4 aliphatic carbocycles. The number of aliphatic imine (C=N–C) groups is 1. The summed E-state index contributed by atoms with van der Waals surface area (Å²) in [6.07, 6.45) is 5.24. The van der Waals surface area contributed by atoms with E-state index in [1.807, 2.05) is 28.1 Å². The number of methoxy groups -OCH3 is 2. The number of rotatable bonds is 11. The lowest BCUT2D eigenvalue weighted by Crippen LogP contribution is -2.56. The number of amides is 4. The molecule has 0 bridgehead atoms. The van der Waals surface area contributed by atoms with E-state index in [2.05, 4.69) is 64.1 Å². The molecule has 7 aliphatic rings. The van der Waals surface area contributed by atoms with Gasteiger partial charge < -0.3 is 34.9 Å². The highest BCUT2D eigenvalue weighted by Gasteiger charge is 2.58. The Morgan fingerprint density at radius 1 is 0.657 bits per heavy atom. The standard InChI is InChI=1S/C53H57F4N7O6/c1-69-50(67)61-45(30-11-15-52(54,55)16-12-30)48(65)63-41-22-36(41)24-43(63)39-21-38(26-58-39)35-10-9-33-19-32(7-8-34(33)20-35)28-3-5-29(6-4-28)40-27-59-47(60-40)44-25-37-23-42(37)64(44)49(66)46(62-51(68)70-2)31-13-17-53(56,57)18-14-31/h3-10,19-20,26-27,30-31,36-37,41-46H,11-18,21-25H2,1-2H3,(H,59,60)(H,61,67)(H,62,68)/t36-,37-,41-,42-,43+,44+,45+,46+/m1/s1. The maximum Gasteiger partial charge on any atom is 0.407 e. The topological polar surface area (TPSA) is 158 Å². The van der Waals surface area contributed by atoms with Crippen LogP contribution in [0.4, 0.5) is 27.2 Å². The summed E-state index contributed by atoms with van der Waals surface area (Å²) >= 11 is 0. The number of aromatic amines is 1. The summed E-state index contributed by atoms with van der Waals surface area (Å²) in [5.41, 5.74) is 6.77. The van der Waals surface area contributed by atoms with Crippen LogP contribution in [0.3, 0.4) is 0 Å². The number of fused-ring (bicyclic) bond motifs is 3. The van der Waals surface area contributed by atoms with Crippen molar-refractivity contribution in [2.24, 2.45) is 28.7 Å². The zero-order valence-electron chi connectivity index (χ0n) is 39.1. The Morgan fingerprint density at radius 2 is 1.14 bits per heavy atom. The van der Waals surface area contributed by atoms with E-state index < -0.39 is 48.0 Å². The molecule has 11 rings (SSSR count). The van der Waals surface area contributed by atoms with Crippen molar-refractivity contribution in [3.63, 3.8) is 0 Å². The lowest BCUT2D eigenvalue weighted by atomic mass is 9.81. The molecular formula is C53H57F4N7O6. The number of alkyl carbamates (subject to hydrolysis) is 2. The fourth-order valence-electron chi connectivity index (χ4n) is 12.3. The quantitative estimate of drug-likeness (QED) is 0.126. The molecule has 2 saturated heterocycles. The van der Waals surface area contributed by atoms with Gasteiger partial charge in [-0.1, -0.05) is 48.5 Å². The van der Waals surface area contributed by atoms with E-state index in [9.17, 15) is 36.7 Å². The van der Waals surface area contributed by atoms with Gasteiger partial charge in [-0.25, -0.2) is 32.1 Å². The molecule has 368 valence electrons. The van der Waals surface area contributed by atoms with Gasteiger partial charge in [0.25, 0.3) is 0 Å². The molecule has 4 amide bonds. The van der Waals surface area contributed by atoms with E-state index >= 15 is 0 Å². The zero-order chi connectivity index (χ0) is 48.6. The first-order valence-electron chi connectivity index (χ1n) is 24.7. The van der Waals surface area contributed by atoms with Crippen molar-refractivity contribution < 1.29 is 46.2 Å². The number of piperidine rings is 2. The number of allylic oxidation sites excluding steroid dienone is 1. The number of carbonyl (C=O) groups excluding carboxylic acids is 4. The first-order valence-corrected chi connectivity index (χ1v) is 24.7. The van der Waals surface area contributed by atoms with Gasteiger partial charge in [0.05, 0.1) is 38.2 Å². The highest BCUT2D eigenvalue weighted by Crippen LogP contribution is 2.54. The molecule has 0 spiro atoms. The Labute approximate surface area is 402 Å². The van der Waals surface area contributed by atoms with Crippen LogP contribution in [0.1, 0.15) is 101 Å². The lowest BCUT2D eigenvalue weighted by molar-refractivity contribution is -0.139. The normalized spacial score (nSPS) is 27.5. The minimum atomic E-state index is -2.77. The van der Waals surface area contributed by atoms with E-state index in [1.165, 1.54) is 14.2 Å². The maximum atomic E-state index is 14.3. The van der Waals surface area contributed by atoms with Crippen LogP contribution in [0, 0.1) is 23.7 Å². The van der Waals surface area contributed by atoms with Crippen molar-refractivity contribution in [1.29, 1.82) is 0 Å². The minimum Gasteiger partial charge on any atom is -0.453 e. The maximum absolute atomic E-state index is 14.3. The molecule has 1 aromatic heterocycles. The van der Waals surface area contributed by atoms with Gasteiger partial charge in [0.15, 0.2) is 0 Å². The van der Waals surface area contributed by atoms with Crippen molar-refractivity contribution in [3.8, 4) is 22.4 Å². The summed E-state index contributed by atoms with van der Waals surface area (Å²) in [4.78, 5) is 70.1. The molecule has 8 atom stereocenters. The van der Waals surface area contributed by atoms with Crippen LogP contribution < -0.4 is 10.6 Å². The van der Waals surface area contributed by atoms with Crippen molar-refractivity contribution in [1.82, 2.24) is 30.4 Å². The molecule has 17 heteroatoms. The summed E-state index contributed by atoms with van der Waals surface area (Å²) in [5.74, 6) is -5.56. The van der Waals surface area contributed by atoms with Crippen molar-refractivity contribution >= 4 is 46.1 Å². The van der Waals surface area contributed by atoms with Gasteiger partial charge in [0.2, 0.25) is 23.7 Å². The average molecular weight is 964 g/mol. The number of ether oxygens (including phenoxy) is 2. The number of benzene rings is 3. The van der Waals surface area contributed by atoms with E-state index in [-0.39, 0.29) is 87.3 Å². The van der Waals surface area contributed by atoms with Gasteiger partial charge in [-0.15, -0.1) is 0 Å². The number of imidazole rings is 1. The second-order valence-electron chi connectivity index (χ2n) is 20.7. The van der Waals surface area contributed by atoms with Crippen LogP contribution in [-0.4, -0.2) is 106 Å². The van der Waals surface area contributed by atoms with Gasteiger partial charge in [-0.3, -0.25) is 14.6 Å². The lowest BCUT2D eigenvalue weighted by Gasteiger charge is -2.37. The summed E-state index contributed by atoms with van der Waals surface area (Å²) in [5, 5.41) is 7.53. The number of nitrogens with one attached hydrogen (secondary N) is 3. The third kappa shape index (κ3) is 8.93. The van der Waals surface area contributed by atoms with Crippen LogP contribution >= 0.6 is 0 Å². The molecule has 0 unspecified atom stereocenters. The number of halogens is 4. The molecule has 6 fully saturated rings. The van der Waals surface area contributed by atoms with Gasteiger partial charge in [-0.05, 0) is 126 Å². The summed E-state index contributed by atoms with van der Waals surface area (Å²) < 4.78 is 66.1. The van der Waals surface area contributed by atoms with E-state index in [4.69, 9.17) is 19.5 Å². The summed E-state index contributed by atoms with van der Waals surface area (Å²) in [6, 6.07) is 18.5. The van der Waals surface area contributed by atoms with E-state index in [1.54, 1.807) is 6.20 Å². The highest BCUT2D eigenvalue weighted by molar-refractivity contribution is 6.05. The minimum absolute atomic E-state index is 0.0142. The second kappa shape index (κ2) is 17.9. The number of likely N-dealkylation sites (tertiary alicyclic amines) is 2. The molecule has 4 heterocycles. The SMILES string of the molecule is COC(=O)N[C@H](C(=O)N1[C@@H]2C[C@@H]2C[C@H]1C1=NC=C(c2ccc3cc(-c4ccc(-c5cnc([C@@H]6C[C@H]7C[C@H]7N6C(=O)[C@@H](NC(=O)OC)C6CCC(F)(F)CC6)[nH]5)cc4)ccc3c2)C1)C1CCC(F)(F)CC1. The average Bonchev–Trinajstić information content (AvgIpc) is 3.94. The Morgan fingerprint density at radius 3 is 1.70 bits per heavy atom. The van der Waals surface area contributed by atoms with Crippen LogP contribution in [-0.2, 0) is 19.1 Å². The monoisotopic (exact) mass is 963 g/mol. The fourth-order valence-corrected chi connectivity index (χ4v) is 12.3. The van der Waals surface area contributed by atoms with E-state index in [0.717, 1.165) is 75.7 Å². The van der Waals surface area contributed by atoms with Crippen LogP contribution in [0.5, 0.6) is 0 Å². The van der Waals surface area contributed by atoms with Crippen LogP contribution in [0.2, 0.25) is 0 Å². The number of H-pyrrole nitrogens is 1. The Balaban J connectivity index is 0.741. The fraction of sp³-hybridized carbons (Fsp3) is 0.509. The smallest absolute Gasteiger partial charge is 0.407 e. The second-order valence-corrected chi connectivity index (χ2v) is 20.7. The first-order chi connectivity index (χ1) is 33.7. The molecule has 3 N–H and O–H groups in total. The summed E-state index contributed by atoms with van der Waals surface area (Å²) in [6.45, 7) is 0. The van der Waals surface area contributed by atoms with Crippen LogP contribution in [0.15, 0.2) is 78.1 Å².